The average Bonchev–Trinajstić information content (AvgIpc) is 2.87. The number of hydrogen-bond donors (Lipinski definition) is 1. The second-order valence-electron chi connectivity index (χ2n) is 4.69. The molecule has 1 N–H and O–H groups in total. The summed E-state index contributed by atoms with van der Waals surface area (Å²) in [5.74, 6) is 1.09. The molecule has 3 nitrogen and oxygen atoms in total. The lowest BCUT2D eigenvalue weighted by atomic mass is 10.0. The van der Waals surface area contributed by atoms with Crippen LogP contribution in [-0.4, -0.2) is 22.1 Å². The molecule has 0 saturated carbocycles. The Hall–Kier alpha value is -0.970. The molecule has 0 radical (unpaired) electrons. The highest BCUT2D eigenvalue weighted by atomic mass is 35.5. The van der Waals surface area contributed by atoms with Gasteiger partial charge in [0, 0.05) is 11.4 Å². The van der Waals surface area contributed by atoms with E-state index in [9.17, 15) is 0 Å². The number of rotatable bonds is 7. The van der Waals surface area contributed by atoms with E-state index in [-0.39, 0.29) is 6.04 Å². The van der Waals surface area contributed by atoms with E-state index in [4.69, 9.17) is 11.6 Å². The zero-order chi connectivity index (χ0) is 15.2. The Morgan fingerprint density at radius 3 is 2.52 bits per heavy atom. The number of halogens is 1. The van der Waals surface area contributed by atoms with Gasteiger partial charge in [0.2, 0.25) is 0 Å². The molecule has 114 valence electrons. The maximum atomic E-state index is 6.36. The van der Waals surface area contributed by atoms with Crippen LogP contribution in [-0.2, 0) is 6.54 Å². The standard InChI is InChI=1S/C16H22ClN3S/c1-4-18-15(16-14(17)11-19-20(16)5-2)12-7-9-13(10-8-12)21-6-3/h7-11,15,18H,4-6H2,1-3H3. The molecule has 2 aromatic rings. The van der Waals surface area contributed by atoms with Crippen molar-refractivity contribution >= 4 is 23.4 Å². The minimum absolute atomic E-state index is 0.0747. The molecular formula is C16H22ClN3S. The molecule has 0 fully saturated rings. The molecule has 2 rings (SSSR count). The van der Waals surface area contributed by atoms with Gasteiger partial charge in [-0.3, -0.25) is 4.68 Å². The molecular weight excluding hydrogens is 302 g/mol. The number of hydrogen-bond acceptors (Lipinski definition) is 3. The number of aryl methyl sites for hydroxylation is 1. The smallest absolute Gasteiger partial charge is 0.0837 e. The summed E-state index contributed by atoms with van der Waals surface area (Å²) in [5, 5.41) is 8.58. The zero-order valence-electron chi connectivity index (χ0n) is 12.8. The van der Waals surface area contributed by atoms with Crippen LogP contribution in [0.25, 0.3) is 0 Å². The summed E-state index contributed by atoms with van der Waals surface area (Å²) in [6.07, 6.45) is 1.73. The molecule has 0 aliphatic heterocycles. The van der Waals surface area contributed by atoms with Crippen molar-refractivity contribution in [2.75, 3.05) is 12.3 Å². The lowest BCUT2D eigenvalue weighted by Gasteiger charge is -2.20. The van der Waals surface area contributed by atoms with E-state index in [0.717, 1.165) is 29.6 Å². The summed E-state index contributed by atoms with van der Waals surface area (Å²) < 4.78 is 1.96. The van der Waals surface area contributed by atoms with E-state index >= 15 is 0 Å². The summed E-state index contributed by atoms with van der Waals surface area (Å²) in [4.78, 5) is 1.30. The fourth-order valence-corrected chi connectivity index (χ4v) is 3.32. The van der Waals surface area contributed by atoms with Gasteiger partial charge in [0.15, 0.2) is 0 Å². The van der Waals surface area contributed by atoms with Crippen LogP contribution < -0.4 is 5.32 Å². The van der Waals surface area contributed by atoms with Crippen molar-refractivity contribution in [1.29, 1.82) is 0 Å². The highest BCUT2D eigenvalue weighted by Gasteiger charge is 2.20. The van der Waals surface area contributed by atoms with Crippen LogP contribution in [0.3, 0.4) is 0 Å². The largest absolute Gasteiger partial charge is 0.305 e. The lowest BCUT2D eigenvalue weighted by molar-refractivity contribution is 0.542. The molecule has 1 aromatic heterocycles. The SMILES string of the molecule is CCNC(c1ccc(SCC)cc1)c1c(Cl)cnn1CC. The van der Waals surface area contributed by atoms with Crippen molar-refractivity contribution in [3.63, 3.8) is 0 Å². The summed E-state index contributed by atoms with van der Waals surface area (Å²) in [5.41, 5.74) is 2.26. The second kappa shape index (κ2) is 7.87. The first-order chi connectivity index (χ1) is 10.2. The normalized spacial score (nSPS) is 12.6. The van der Waals surface area contributed by atoms with Gasteiger partial charge < -0.3 is 5.32 Å². The van der Waals surface area contributed by atoms with Crippen molar-refractivity contribution in [2.24, 2.45) is 0 Å². The van der Waals surface area contributed by atoms with Crippen molar-refractivity contribution in [1.82, 2.24) is 15.1 Å². The van der Waals surface area contributed by atoms with Gasteiger partial charge in [-0.05, 0) is 36.9 Å². The molecule has 0 bridgehead atoms. The Kier molecular flexibility index (Phi) is 6.15. The van der Waals surface area contributed by atoms with Crippen LogP contribution in [0.5, 0.6) is 0 Å². The first kappa shape index (κ1) is 16.4. The van der Waals surface area contributed by atoms with Crippen LogP contribution >= 0.6 is 23.4 Å². The Morgan fingerprint density at radius 2 is 1.95 bits per heavy atom. The summed E-state index contributed by atoms with van der Waals surface area (Å²) in [6.45, 7) is 8.04. The minimum atomic E-state index is 0.0747. The minimum Gasteiger partial charge on any atom is -0.305 e. The van der Waals surface area contributed by atoms with Crippen LogP contribution in [0, 0.1) is 0 Å². The molecule has 21 heavy (non-hydrogen) atoms. The molecule has 0 aliphatic rings. The summed E-state index contributed by atoms with van der Waals surface area (Å²) >= 11 is 8.21. The van der Waals surface area contributed by atoms with Gasteiger partial charge in [-0.2, -0.15) is 5.10 Å². The predicted molar refractivity (Wildman–Crippen MR) is 91.3 cm³/mol. The molecule has 1 unspecified atom stereocenters. The van der Waals surface area contributed by atoms with Crippen molar-refractivity contribution in [3.8, 4) is 0 Å². The van der Waals surface area contributed by atoms with Gasteiger partial charge in [-0.1, -0.05) is 37.6 Å². The van der Waals surface area contributed by atoms with E-state index in [0.29, 0.717) is 0 Å². The van der Waals surface area contributed by atoms with E-state index in [1.807, 2.05) is 16.4 Å². The monoisotopic (exact) mass is 323 g/mol. The Labute approximate surface area is 136 Å². The van der Waals surface area contributed by atoms with Gasteiger partial charge in [-0.25, -0.2) is 0 Å². The van der Waals surface area contributed by atoms with Crippen molar-refractivity contribution in [3.05, 3.63) is 46.7 Å². The first-order valence-corrected chi connectivity index (χ1v) is 8.74. The zero-order valence-corrected chi connectivity index (χ0v) is 14.3. The van der Waals surface area contributed by atoms with Gasteiger partial charge in [0.25, 0.3) is 0 Å². The van der Waals surface area contributed by atoms with Crippen LogP contribution in [0.4, 0.5) is 0 Å². The maximum absolute atomic E-state index is 6.36. The van der Waals surface area contributed by atoms with Crippen LogP contribution in [0.2, 0.25) is 5.02 Å². The fourth-order valence-electron chi connectivity index (χ4n) is 2.41. The Morgan fingerprint density at radius 1 is 1.24 bits per heavy atom. The highest BCUT2D eigenvalue weighted by Crippen LogP contribution is 2.29. The lowest BCUT2D eigenvalue weighted by Crippen LogP contribution is -2.25. The fraction of sp³-hybridized carbons (Fsp3) is 0.438. The predicted octanol–water partition coefficient (Wildman–Crippen LogP) is 4.37. The van der Waals surface area contributed by atoms with Crippen LogP contribution in [0.15, 0.2) is 35.4 Å². The molecule has 1 aromatic carbocycles. The first-order valence-electron chi connectivity index (χ1n) is 7.38. The van der Waals surface area contributed by atoms with E-state index in [1.165, 1.54) is 10.5 Å². The number of aromatic nitrogens is 2. The Bertz CT molecular complexity index is 565. The third-order valence-corrected chi connectivity index (χ3v) is 4.52. The number of thioether (sulfide) groups is 1. The van der Waals surface area contributed by atoms with Crippen LogP contribution in [0.1, 0.15) is 38.1 Å². The number of benzene rings is 1. The molecule has 1 heterocycles. The molecule has 0 saturated heterocycles. The number of nitrogens with one attached hydrogen (secondary N) is 1. The van der Waals surface area contributed by atoms with Crippen molar-refractivity contribution < 1.29 is 0 Å². The van der Waals surface area contributed by atoms with Gasteiger partial charge in [0.1, 0.15) is 0 Å². The molecule has 5 heteroatoms. The van der Waals surface area contributed by atoms with Crippen molar-refractivity contribution in [2.45, 2.75) is 38.3 Å². The maximum Gasteiger partial charge on any atom is 0.0837 e. The molecule has 1 atom stereocenters. The molecule has 0 spiro atoms. The second-order valence-corrected chi connectivity index (χ2v) is 6.43. The third-order valence-electron chi connectivity index (χ3n) is 3.34. The highest BCUT2D eigenvalue weighted by molar-refractivity contribution is 7.99. The van der Waals surface area contributed by atoms with E-state index in [2.05, 4.69) is 55.5 Å². The average molecular weight is 324 g/mol. The quantitative estimate of drug-likeness (QED) is 0.767. The van der Waals surface area contributed by atoms with E-state index in [1.54, 1.807) is 6.20 Å². The van der Waals surface area contributed by atoms with Gasteiger partial charge in [-0.15, -0.1) is 11.8 Å². The molecule has 0 aliphatic carbocycles. The van der Waals surface area contributed by atoms with Gasteiger partial charge in [0.05, 0.1) is 23.0 Å². The third kappa shape index (κ3) is 3.82. The Balaban J connectivity index is 2.36. The van der Waals surface area contributed by atoms with Gasteiger partial charge >= 0.3 is 0 Å². The summed E-state index contributed by atoms with van der Waals surface area (Å²) in [7, 11) is 0. The number of nitrogens with zero attached hydrogens (tertiary/aromatic N) is 2. The summed E-state index contributed by atoms with van der Waals surface area (Å²) in [6, 6.07) is 8.78. The van der Waals surface area contributed by atoms with E-state index < -0.39 is 0 Å². The molecule has 0 amide bonds. The topological polar surface area (TPSA) is 29.9 Å².